The van der Waals surface area contributed by atoms with Crippen LogP contribution in [0.3, 0.4) is 0 Å². The fourth-order valence-corrected chi connectivity index (χ4v) is 1.52. The summed E-state index contributed by atoms with van der Waals surface area (Å²) < 4.78 is 15.3. The molecule has 0 aromatic carbocycles. The molecule has 2 heterocycles. The number of halogens is 1. The highest BCUT2D eigenvalue weighted by Crippen LogP contribution is 2.17. The molecule has 4 nitrogen and oxygen atoms in total. The number of hydrogen-bond acceptors (Lipinski definition) is 3. The Hall–Kier alpha value is -1.75. The smallest absolute Gasteiger partial charge is 0.190 e. The van der Waals surface area contributed by atoms with Crippen molar-refractivity contribution in [2.45, 2.75) is 26.4 Å². The van der Waals surface area contributed by atoms with E-state index in [0.717, 1.165) is 5.69 Å². The molecule has 0 spiro atoms. The molecule has 0 aliphatic heterocycles. The summed E-state index contributed by atoms with van der Waals surface area (Å²) in [6, 6.07) is 3.28. The van der Waals surface area contributed by atoms with E-state index in [-0.39, 0.29) is 23.9 Å². The fraction of sp³-hybridized carbons (Fsp3) is 0.333. The summed E-state index contributed by atoms with van der Waals surface area (Å²) in [6.07, 6.45) is 3.13. The lowest BCUT2D eigenvalue weighted by Crippen LogP contribution is -2.05. The number of rotatable bonds is 3. The lowest BCUT2D eigenvalue weighted by atomic mass is 10.1. The Morgan fingerprint density at radius 2 is 2.18 bits per heavy atom. The summed E-state index contributed by atoms with van der Waals surface area (Å²) in [5, 5.41) is 13.2. The molecule has 2 aromatic heterocycles. The predicted octanol–water partition coefficient (Wildman–Crippen LogP) is 2.02. The van der Waals surface area contributed by atoms with Crippen molar-refractivity contribution in [1.29, 1.82) is 0 Å². The number of nitrogens with zero attached hydrogens (tertiary/aromatic N) is 3. The molecule has 0 saturated carbocycles. The van der Waals surface area contributed by atoms with Crippen LogP contribution in [0.1, 0.15) is 31.0 Å². The fourth-order valence-electron chi connectivity index (χ4n) is 1.52. The van der Waals surface area contributed by atoms with E-state index in [1.807, 2.05) is 19.9 Å². The maximum atomic E-state index is 13.9. The quantitative estimate of drug-likeness (QED) is 0.885. The van der Waals surface area contributed by atoms with E-state index < -0.39 is 5.82 Å². The van der Waals surface area contributed by atoms with Gasteiger partial charge in [-0.15, -0.1) is 0 Å². The second-order valence-electron chi connectivity index (χ2n) is 4.11. The van der Waals surface area contributed by atoms with E-state index in [1.165, 1.54) is 16.9 Å². The summed E-state index contributed by atoms with van der Waals surface area (Å²) >= 11 is 0. The van der Waals surface area contributed by atoms with Crippen LogP contribution in [0.2, 0.25) is 0 Å². The molecule has 0 saturated heterocycles. The summed E-state index contributed by atoms with van der Waals surface area (Å²) in [5.74, 6) is -0.141. The Bertz CT molecular complexity index is 522. The first-order valence-corrected chi connectivity index (χ1v) is 5.43. The van der Waals surface area contributed by atoms with Crippen LogP contribution in [0.4, 0.5) is 4.39 Å². The number of hydrogen-bond donors (Lipinski definition) is 1. The molecule has 0 atom stereocenters. The van der Waals surface area contributed by atoms with Crippen LogP contribution < -0.4 is 0 Å². The highest BCUT2D eigenvalue weighted by Gasteiger charge is 2.12. The third-order valence-corrected chi connectivity index (χ3v) is 2.54. The van der Waals surface area contributed by atoms with E-state index in [1.54, 1.807) is 6.20 Å². The number of aromatic nitrogens is 3. The highest BCUT2D eigenvalue weighted by atomic mass is 19.1. The Morgan fingerprint density at radius 3 is 2.76 bits per heavy atom. The van der Waals surface area contributed by atoms with Gasteiger partial charge < -0.3 is 5.11 Å². The molecule has 0 amide bonds. The van der Waals surface area contributed by atoms with Gasteiger partial charge in [0.15, 0.2) is 11.6 Å². The minimum absolute atomic E-state index is 0.114. The third kappa shape index (κ3) is 2.19. The van der Waals surface area contributed by atoms with Gasteiger partial charge >= 0.3 is 0 Å². The molecule has 0 radical (unpaired) electrons. The zero-order chi connectivity index (χ0) is 12.4. The van der Waals surface area contributed by atoms with E-state index in [0.29, 0.717) is 0 Å². The van der Waals surface area contributed by atoms with Gasteiger partial charge in [0.2, 0.25) is 0 Å². The minimum Gasteiger partial charge on any atom is -0.392 e. The van der Waals surface area contributed by atoms with Crippen molar-refractivity contribution in [3.63, 3.8) is 0 Å². The van der Waals surface area contributed by atoms with E-state index in [4.69, 9.17) is 5.11 Å². The van der Waals surface area contributed by atoms with Crippen molar-refractivity contribution in [2.75, 3.05) is 0 Å². The van der Waals surface area contributed by atoms with Gasteiger partial charge in [-0.3, -0.25) is 0 Å². The molecule has 0 bridgehead atoms. The topological polar surface area (TPSA) is 50.9 Å². The molecular weight excluding hydrogens is 221 g/mol. The average Bonchev–Trinajstić information content (AvgIpc) is 2.78. The van der Waals surface area contributed by atoms with Gasteiger partial charge in [0.25, 0.3) is 0 Å². The van der Waals surface area contributed by atoms with Crippen LogP contribution in [0.5, 0.6) is 0 Å². The SMILES string of the molecule is CC(C)c1ccn(-c2nccc(CO)c2F)n1. The zero-order valence-electron chi connectivity index (χ0n) is 9.76. The predicted molar refractivity (Wildman–Crippen MR) is 61.3 cm³/mol. The third-order valence-electron chi connectivity index (χ3n) is 2.54. The average molecular weight is 235 g/mol. The van der Waals surface area contributed by atoms with Crippen molar-refractivity contribution in [3.05, 3.63) is 41.6 Å². The molecule has 0 aliphatic carbocycles. The van der Waals surface area contributed by atoms with Crippen LogP contribution >= 0.6 is 0 Å². The Morgan fingerprint density at radius 1 is 1.41 bits per heavy atom. The molecule has 0 unspecified atom stereocenters. The molecule has 0 fully saturated rings. The van der Waals surface area contributed by atoms with Crippen molar-refractivity contribution in [3.8, 4) is 5.82 Å². The van der Waals surface area contributed by atoms with Crippen molar-refractivity contribution >= 4 is 0 Å². The van der Waals surface area contributed by atoms with Crippen LogP contribution in [0, 0.1) is 5.82 Å². The Kier molecular flexibility index (Phi) is 3.19. The second-order valence-corrected chi connectivity index (χ2v) is 4.11. The van der Waals surface area contributed by atoms with Crippen LogP contribution in [-0.4, -0.2) is 19.9 Å². The summed E-state index contributed by atoms with van der Waals surface area (Å²) in [5.41, 5.74) is 1.09. The van der Waals surface area contributed by atoms with Crippen LogP contribution in [0.15, 0.2) is 24.5 Å². The normalized spacial score (nSPS) is 11.1. The first-order valence-electron chi connectivity index (χ1n) is 5.43. The molecular formula is C12H14FN3O. The standard InChI is InChI=1S/C12H14FN3O/c1-8(2)10-4-6-16(15-10)12-11(13)9(7-17)3-5-14-12/h3-6,8,17H,7H2,1-2H3. The molecule has 5 heteroatoms. The Balaban J connectivity index is 2.45. The first-order chi connectivity index (χ1) is 8.13. The summed E-state index contributed by atoms with van der Waals surface area (Å²) in [7, 11) is 0. The van der Waals surface area contributed by atoms with E-state index in [9.17, 15) is 4.39 Å². The monoisotopic (exact) mass is 235 g/mol. The van der Waals surface area contributed by atoms with Crippen molar-refractivity contribution in [2.24, 2.45) is 0 Å². The lowest BCUT2D eigenvalue weighted by molar-refractivity contribution is 0.275. The van der Waals surface area contributed by atoms with Gasteiger partial charge in [-0.2, -0.15) is 5.10 Å². The summed E-state index contributed by atoms with van der Waals surface area (Å²) in [6.45, 7) is 3.68. The molecule has 0 aliphatic rings. The maximum Gasteiger partial charge on any atom is 0.190 e. The van der Waals surface area contributed by atoms with E-state index >= 15 is 0 Å². The molecule has 90 valence electrons. The highest BCUT2D eigenvalue weighted by molar-refractivity contribution is 5.30. The van der Waals surface area contributed by atoms with Gasteiger partial charge in [-0.25, -0.2) is 14.1 Å². The second kappa shape index (κ2) is 4.63. The number of aliphatic hydroxyl groups is 1. The molecule has 2 rings (SSSR count). The van der Waals surface area contributed by atoms with Crippen molar-refractivity contribution in [1.82, 2.24) is 14.8 Å². The molecule has 17 heavy (non-hydrogen) atoms. The maximum absolute atomic E-state index is 13.9. The summed E-state index contributed by atoms with van der Waals surface area (Å²) in [4.78, 5) is 3.94. The van der Waals surface area contributed by atoms with Gasteiger partial charge in [-0.1, -0.05) is 13.8 Å². The van der Waals surface area contributed by atoms with Gasteiger partial charge in [0.1, 0.15) is 0 Å². The largest absolute Gasteiger partial charge is 0.392 e. The van der Waals surface area contributed by atoms with Gasteiger partial charge in [0.05, 0.1) is 12.3 Å². The molecule has 2 aromatic rings. The van der Waals surface area contributed by atoms with Crippen LogP contribution in [0.25, 0.3) is 5.82 Å². The number of aliphatic hydroxyl groups excluding tert-OH is 1. The van der Waals surface area contributed by atoms with Gasteiger partial charge in [0, 0.05) is 18.0 Å². The van der Waals surface area contributed by atoms with E-state index in [2.05, 4.69) is 10.1 Å². The van der Waals surface area contributed by atoms with Gasteiger partial charge in [-0.05, 0) is 18.1 Å². The first kappa shape index (κ1) is 11.7. The lowest BCUT2D eigenvalue weighted by Gasteiger charge is -2.05. The Labute approximate surface area is 98.7 Å². The molecule has 1 N–H and O–H groups in total. The van der Waals surface area contributed by atoms with Crippen molar-refractivity contribution < 1.29 is 9.50 Å². The van der Waals surface area contributed by atoms with Crippen LogP contribution in [-0.2, 0) is 6.61 Å². The zero-order valence-corrected chi connectivity index (χ0v) is 9.76. The minimum atomic E-state index is -0.534. The number of pyridine rings is 1.